The van der Waals surface area contributed by atoms with Crippen LogP contribution < -0.4 is 14.8 Å². The summed E-state index contributed by atoms with van der Waals surface area (Å²) < 4.78 is 20.7. The molecule has 0 fully saturated rings. The lowest BCUT2D eigenvalue weighted by Crippen LogP contribution is -2.49. The van der Waals surface area contributed by atoms with Crippen molar-refractivity contribution in [1.29, 1.82) is 0 Å². The van der Waals surface area contributed by atoms with Gasteiger partial charge in [0.25, 0.3) is 5.91 Å². The van der Waals surface area contributed by atoms with Gasteiger partial charge >= 0.3 is 5.97 Å². The summed E-state index contributed by atoms with van der Waals surface area (Å²) in [5, 5.41) is 3.26. The van der Waals surface area contributed by atoms with Gasteiger partial charge in [-0.1, -0.05) is 6.07 Å². The van der Waals surface area contributed by atoms with E-state index in [1.165, 1.54) is 14.2 Å². The molecule has 28 heavy (non-hydrogen) atoms. The van der Waals surface area contributed by atoms with E-state index in [0.717, 1.165) is 5.57 Å². The number of hydrogen-bond donors (Lipinski definition) is 1. The van der Waals surface area contributed by atoms with Gasteiger partial charge < -0.3 is 23.8 Å². The Bertz CT molecular complexity index is 761. The van der Waals surface area contributed by atoms with Crippen LogP contribution in [-0.4, -0.2) is 64.5 Å². The van der Waals surface area contributed by atoms with Crippen molar-refractivity contribution in [1.82, 2.24) is 10.2 Å². The van der Waals surface area contributed by atoms with Gasteiger partial charge in [0, 0.05) is 19.2 Å². The van der Waals surface area contributed by atoms with Crippen molar-refractivity contribution in [3.63, 3.8) is 0 Å². The van der Waals surface area contributed by atoms with E-state index in [2.05, 4.69) is 5.32 Å². The minimum absolute atomic E-state index is 0.0806. The van der Waals surface area contributed by atoms with E-state index >= 15 is 0 Å². The Hall–Kier alpha value is -2.58. The molecule has 154 valence electrons. The van der Waals surface area contributed by atoms with Gasteiger partial charge in [0.15, 0.2) is 11.5 Å². The van der Waals surface area contributed by atoms with Crippen molar-refractivity contribution in [3.8, 4) is 11.5 Å². The first-order chi connectivity index (χ1) is 13.4. The fourth-order valence-electron chi connectivity index (χ4n) is 3.18. The maximum atomic E-state index is 12.6. The van der Waals surface area contributed by atoms with E-state index < -0.39 is 18.2 Å². The van der Waals surface area contributed by atoms with E-state index in [1.807, 2.05) is 6.92 Å². The first-order valence-corrected chi connectivity index (χ1v) is 8.92. The van der Waals surface area contributed by atoms with Gasteiger partial charge in [0.1, 0.15) is 12.2 Å². The van der Waals surface area contributed by atoms with Crippen molar-refractivity contribution in [2.24, 2.45) is 0 Å². The van der Waals surface area contributed by atoms with Crippen molar-refractivity contribution in [3.05, 3.63) is 34.9 Å². The summed E-state index contributed by atoms with van der Waals surface area (Å²) in [6.07, 6.45) is -0.445. The largest absolute Gasteiger partial charge is 0.493 e. The number of ether oxygens (including phenoxy) is 4. The summed E-state index contributed by atoms with van der Waals surface area (Å²) in [6, 6.07) is 4.41. The number of methoxy groups -OCH3 is 4. The molecule has 0 spiro atoms. The quantitative estimate of drug-likeness (QED) is 0.640. The van der Waals surface area contributed by atoms with Gasteiger partial charge in [-0.3, -0.25) is 10.1 Å². The third-order valence-electron chi connectivity index (χ3n) is 4.93. The van der Waals surface area contributed by atoms with Gasteiger partial charge in [-0.2, -0.15) is 0 Å². The molecule has 8 heteroatoms. The molecule has 0 unspecified atom stereocenters. The predicted octanol–water partition coefficient (Wildman–Crippen LogP) is 1.66. The molecule has 2 rings (SSSR count). The molecule has 0 saturated heterocycles. The number of rotatable bonds is 9. The average Bonchev–Trinajstić information content (AvgIpc) is 2.92. The second-order valence-corrected chi connectivity index (χ2v) is 6.44. The van der Waals surface area contributed by atoms with Crippen LogP contribution in [0.3, 0.4) is 0 Å². The lowest BCUT2D eigenvalue weighted by Gasteiger charge is -2.30. The molecular weight excluding hydrogens is 364 g/mol. The van der Waals surface area contributed by atoms with E-state index in [-0.39, 0.29) is 5.91 Å². The van der Waals surface area contributed by atoms with Crippen LogP contribution in [-0.2, 0) is 19.1 Å². The summed E-state index contributed by atoms with van der Waals surface area (Å²) >= 11 is 0. The molecule has 8 nitrogen and oxygen atoms in total. The van der Waals surface area contributed by atoms with Crippen LogP contribution >= 0.6 is 0 Å². The molecule has 0 bridgehead atoms. The number of esters is 1. The van der Waals surface area contributed by atoms with Crippen LogP contribution in [0.15, 0.2) is 29.3 Å². The van der Waals surface area contributed by atoms with Crippen LogP contribution in [0.4, 0.5) is 0 Å². The smallest absolute Gasteiger partial charge is 0.327 e. The molecule has 1 amide bonds. The summed E-state index contributed by atoms with van der Waals surface area (Å²) in [7, 11) is 5.98. The van der Waals surface area contributed by atoms with Crippen LogP contribution in [0.1, 0.15) is 25.5 Å². The number of nitrogens with one attached hydrogen (secondary N) is 1. The summed E-state index contributed by atoms with van der Waals surface area (Å²) in [5.74, 6) is 0.504. The Morgan fingerprint density at radius 3 is 2.39 bits per heavy atom. The molecule has 0 aliphatic carbocycles. The third kappa shape index (κ3) is 4.28. The minimum Gasteiger partial charge on any atom is -0.493 e. The van der Waals surface area contributed by atoms with Crippen molar-refractivity contribution in [2.45, 2.75) is 26.1 Å². The summed E-state index contributed by atoms with van der Waals surface area (Å²) in [6.45, 7) is 4.45. The van der Waals surface area contributed by atoms with E-state index in [1.54, 1.807) is 44.2 Å². The topological polar surface area (TPSA) is 86.3 Å². The lowest BCUT2D eigenvalue weighted by molar-refractivity contribution is -0.144. The van der Waals surface area contributed by atoms with E-state index in [4.69, 9.17) is 18.9 Å². The van der Waals surface area contributed by atoms with Crippen molar-refractivity contribution >= 4 is 11.9 Å². The fraction of sp³-hybridized carbons (Fsp3) is 0.500. The Balaban J connectivity index is 2.38. The molecule has 1 aliphatic heterocycles. The number of hydrogen-bond acceptors (Lipinski definition) is 7. The van der Waals surface area contributed by atoms with Crippen LogP contribution in [0, 0.1) is 0 Å². The van der Waals surface area contributed by atoms with Gasteiger partial charge in [0.05, 0.1) is 27.9 Å². The SMILES string of the molecule is COCCN1C(=O)C(C)=C(C)[C@@H]1N[C@@H](C(=O)OC)c1ccc(OC)c(OC)c1. The molecule has 1 aliphatic rings. The second kappa shape index (κ2) is 9.57. The Morgan fingerprint density at radius 1 is 1.14 bits per heavy atom. The monoisotopic (exact) mass is 392 g/mol. The maximum Gasteiger partial charge on any atom is 0.327 e. The first kappa shape index (κ1) is 21.7. The standard InChI is InChI=1S/C20H28N2O6/c1-12-13(2)19(23)22(9-10-25-3)18(12)21-17(20(24)28-6)14-7-8-15(26-4)16(11-14)27-5/h7-8,11,17-18,21H,9-10H2,1-6H3/t17-,18-/m1/s1. The Labute approximate surface area is 165 Å². The zero-order chi connectivity index (χ0) is 20.8. The molecule has 0 saturated carbocycles. The molecule has 2 atom stereocenters. The summed E-state index contributed by atoms with van der Waals surface area (Å²) in [4.78, 5) is 26.8. The number of amides is 1. The second-order valence-electron chi connectivity index (χ2n) is 6.44. The highest BCUT2D eigenvalue weighted by Crippen LogP contribution is 2.32. The van der Waals surface area contributed by atoms with Crippen molar-refractivity contribution in [2.75, 3.05) is 41.6 Å². The van der Waals surface area contributed by atoms with Crippen molar-refractivity contribution < 1.29 is 28.5 Å². The van der Waals surface area contributed by atoms with Crippen LogP contribution in [0.5, 0.6) is 11.5 Å². The van der Waals surface area contributed by atoms with E-state index in [0.29, 0.717) is 35.8 Å². The molecular formula is C20H28N2O6. The highest BCUT2D eigenvalue weighted by Gasteiger charge is 2.37. The lowest BCUT2D eigenvalue weighted by atomic mass is 10.0. The normalized spacial score (nSPS) is 17.7. The zero-order valence-electron chi connectivity index (χ0n) is 17.2. The van der Waals surface area contributed by atoms with Crippen LogP contribution in [0.2, 0.25) is 0 Å². The average molecular weight is 392 g/mol. The fourth-order valence-corrected chi connectivity index (χ4v) is 3.18. The molecule has 0 aromatic heterocycles. The highest BCUT2D eigenvalue weighted by molar-refractivity contribution is 5.97. The molecule has 1 heterocycles. The van der Waals surface area contributed by atoms with Crippen LogP contribution in [0.25, 0.3) is 0 Å². The highest BCUT2D eigenvalue weighted by atomic mass is 16.5. The minimum atomic E-state index is -0.798. The Morgan fingerprint density at radius 2 is 1.82 bits per heavy atom. The predicted molar refractivity (Wildman–Crippen MR) is 103 cm³/mol. The van der Waals surface area contributed by atoms with E-state index in [9.17, 15) is 9.59 Å². The first-order valence-electron chi connectivity index (χ1n) is 8.92. The zero-order valence-corrected chi connectivity index (χ0v) is 17.2. The maximum absolute atomic E-state index is 12.6. The molecule has 0 radical (unpaired) electrons. The number of benzene rings is 1. The Kier molecular flexibility index (Phi) is 7.42. The van der Waals surface area contributed by atoms with Gasteiger partial charge in [-0.05, 0) is 37.1 Å². The van der Waals surface area contributed by atoms with Gasteiger partial charge in [0.2, 0.25) is 0 Å². The number of carbonyl (C=O) groups is 2. The molecule has 1 aromatic rings. The van der Waals surface area contributed by atoms with Gasteiger partial charge in [-0.25, -0.2) is 4.79 Å². The van der Waals surface area contributed by atoms with Gasteiger partial charge in [-0.15, -0.1) is 0 Å². The summed E-state index contributed by atoms with van der Waals surface area (Å²) in [5.41, 5.74) is 2.15. The number of nitrogens with zero attached hydrogens (tertiary/aromatic N) is 1. The molecule has 1 N–H and O–H groups in total. The third-order valence-corrected chi connectivity index (χ3v) is 4.93. The molecule has 1 aromatic carbocycles. The number of carbonyl (C=O) groups excluding carboxylic acids is 2.